The van der Waals surface area contributed by atoms with Crippen LogP contribution >= 0.6 is 0 Å². The fourth-order valence-corrected chi connectivity index (χ4v) is 2.48. The van der Waals surface area contributed by atoms with Gasteiger partial charge in [0.1, 0.15) is 0 Å². The van der Waals surface area contributed by atoms with E-state index in [2.05, 4.69) is 46.9 Å². The van der Waals surface area contributed by atoms with Crippen LogP contribution in [0.5, 0.6) is 0 Å². The van der Waals surface area contributed by atoms with Crippen molar-refractivity contribution in [3.05, 3.63) is 0 Å². The van der Waals surface area contributed by atoms with Gasteiger partial charge in [0.15, 0.2) is 0 Å². The lowest BCUT2D eigenvalue weighted by Crippen LogP contribution is -2.38. The van der Waals surface area contributed by atoms with Crippen LogP contribution in [0.1, 0.15) is 60.8 Å². The molecule has 0 bridgehead atoms. The summed E-state index contributed by atoms with van der Waals surface area (Å²) in [6.45, 7) is 16.3. The molecule has 92 valence electrons. The first-order chi connectivity index (χ1) is 7.00. The molecular weight excluding hydrogens is 182 g/mol. The third-order valence-corrected chi connectivity index (χ3v) is 3.86. The van der Waals surface area contributed by atoms with Crippen molar-refractivity contribution in [1.82, 2.24) is 5.32 Å². The normalized spacial score (nSPS) is 16.0. The van der Waals surface area contributed by atoms with Gasteiger partial charge in [-0.2, -0.15) is 0 Å². The molecule has 1 unspecified atom stereocenters. The van der Waals surface area contributed by atoms with Crippen molar-refractivity contribution in [3.63, 3.8) is 0 Å². The summed E-state index contributed by atoms with van der Waals surface area (Å²) in [6, 6.07) is 0. The molecule has 1 atom stereocenters. The van der Waals surface area contributed by atoms with E-state index in [1.165, 1.54) is 25.8 Å². The minimum atomic E-state index is 0.485. The molecule has 1 N–H and O–H groups in total. The highest BCUT2D eigenvalue weighted by molar-refractivity contribution is 4.82. The summed E-state index contributed by atoms with van der Waals surface area (Å²) >= 11 is 0. The highest BCUT2D eigenvalue weighted by Crippen LogP contribution is 2.34. The smallest absolute Gasteiger partial charge is 0.000782 e. The zero-order valence-electron chi connectivity index (χ0n) is 11.7. The SMILES string of the molecule is CCC(CC)C(C)(CC)CNCC(C)C. The molecule has 0 spiro atoms. The van der Waals surface area contributed by atoms with Crippen LogP contribution in [-0.4, -0.2) is 13.1 Å². The highest BCUT2D eigenvalue weighted by atomic mass is 14.9. The van der Waals surface area contributed by atoms with Crippen LogP contribution in [0.4, 0.5) is 0 Å². The standard InChI is InChI=1S/C14H31N/c1-7-13(8-2)14(6,9-3)11-15-10-12(4)5/h12-13,15H,7-11H2,1-6H3. The monoisotopic (exact) mass is 213 g/mol. The van der Waals surface area contributed by atoms with Gasteiger partial charge in [0, 0.05) is 6.54 Å². The maximum Gasteiger partial charge on any atom is 0.000782 e. The van der Waals surface area contributed by atoms with E-state index in [-0.39, 0.29) is 0 Å². The topological polar surface area (TPSA) is 12.0 Å². The number of nitrogens with one attached hydrogen (secondary N) is 1. The lowest BCUT2D eigenvalue weighted by atomic mass is 9.72. The predicted molar refractivity (Wildman–Crippen MR) is 70.2 cm³/mol. The number of hydrogen-bond donors (Lipinski definition) is 1. The van der Waals surface area contributed by atoms with Crippen molar-refractivity contribution in [2.45, 2.75) is 60.8 Å². The molecule has 0 rings (SSSR count). The van der Waals surface area contributed by atoms with E-state index >= 15 is 0 Å². The van der Waals surface area contributed by atoms with Gasteiger partial charge < -0.3 is 5.32 Å². The Hall–Kier alpha value is -0.0400. The van der Waals surface area contributed by atoms with Gasteiger partial charge in [-0.25, -0.2) is 0 Å². The molecule has 0 aromatic carbocycles. The minimum absolute atomic E-state index is 0.485. The first-order valence-corrected chi connectivity index (χ1v) is 6.70. The molecule has 0 aliphatic rings. The summed E-state index contributed by atoms with van der Waals surface area (Å²) in [5.74, 6) is 1.62. The van der Waals surface area contributed by atoms with Crippen LogP contribution in [0.3, 0.4) is 0 Å². The Morgan fingerprint density at radius 3 is 1.93 bits per heavy atom. The van der Waals surface area contributed by atoms with Gasteiger partial charge >= 0.3 is 0 Å². The van der Waals surface area contributed by atoms with Crippen molar-refractivity contribution in [1.29, 1.82) is 0 Å². The van der Waals surface area contributed by atoms with Crippen LogP contribution in [-0.2, 0) is 0 Å². The van der Waals surface area contributed by atoms with Gasteiger partial charge in [0.05, 0.1) is 0 Å². The molecule has 0 aliphatic heterocycles. The van der Waals surface area contributed by atoms with Gasteiger partial charge in [-0.1, -0.05) is 54.4 Å². The zero-order chi connectivity index (χ0) is 11.9. The Morgan fingerprint density at radius 1 is 1.07 bits per heavy atom. The van der Waals surface area contributed by atoms with Gasteiger partial charge in [-0.15, -0.1) is 0 Å². The van der Waals surface area contributed by atoms with Gasteiger partial charge in [-0.05, 0) is 30.2 Å². The second kappa shape index (κ2) is 7.27. The van der Waals surface area contributed by atoms with E-state index in [1.807, 2.05) is 0 Å². The summed E-state index contributed by atoms with van der Waals surface area (Å²) in [4.78, 5) is 0. The van der Waals surface area contributed by atoms with E-state index in [9.17, 15) is 0 Å². The number of hydrogen-bond acceptors (Lipinski definition) is 1. The number of rotatable bonds is 8. The first-order valence-electron chi connectivity index (χ1n) is 6.70. The maximum absolute atomic E-state index is 3.63. The molecule has 0 aromatic rings. The third-order valence-electron chi connectivity index (χ3n) is 3.86. The average Bonchev–Trinajstić information content (AvgIpc) is 2.19. The van der Waals surface area contributed by atoms with Gasteiger partial charge in [-0.3, -0.25) is 0 Å². The van der Waals surface area contributed by atoms with Crippen molar-refractivity contribution in [2.24, 2.45) is 17.3 Å². The third kappa shape index (κ3) is 5.01. The quantitative estimate of drug-likeness (QED) is 0.640. The lowest BCUT2D eigenvalue weighted by Gasteiger charge is -2.37. The molecule has 1 nitrogen and oxygen atoms in total. The summed E-state index contributed by atoms with van der Waals surface area (Å²) < 4.78 is 0. The van der Waals surface area contributed by atoms with Crippen molar-refractivity contribution in [2.75, 3.05) is 13.1 Å². The van der Waals surface area contributed by atoms with Crippen LogP contribution in [0.2, 0.25) is 0 Å². The molecule has 1 heteroatoms. The van der Waals surface area contributed by atoms with E-state index in [1.54, 1.807) is 0 Å². The van der Waals surface area contributed by atoms with Crippen molar-refractivity contribution in [3.8, 4) is 0 Å². The van der Waals surface area contributed by atoms with Crippen molar-refractivity contribution < 1.29 is 0 Å². The summed E-state index contributed by atoms with van der Waals surface area (Å²) in [5.41, 5.74) is 0.485. The Balaban J connectivity index is 4.16. The van der Waals surface area contributed by atoms with Crippen LogP contribution in [0.15, 0.2) is 0 Å². The van der Waals surface area contributed by atoms with Crippen molar-refractivity contribution >= 4 is 0 Å². The van der Waals surface area contributed by atoms with E-state index in [4.69, 9.17) is 0 Å². The molecule has 0 saturated heterocycles. The fraction of sp³-hybridized carbons (Fsp3) is 1.00. The Kier molecular flexibility index (Phi) is 7.25. The molecule has 0 aromatic heterocycles. The summed E-state index contributed by atoms with van der Waals surface area (Å²) in [5, 5.41) is 3.63. The molecule has 0 aliphatic carbocycles. The highest BCUT2D eigenvalue weighted by Gasteiger charge is 2.29. The van der Waals surface area contributed by atoms with E-state index in [0.29, 0.717) is 5.41 Å². The van der Waals surface area contributed by atoms with E-state index < -0.39 is 0 Å². The van der Waals surface area contributed by atoms with Crippen LogP contribution in [0, 0.1) is 17.3 Å². The molecule has 0 saturated carbocycles. The van der Waals surface area contributed by atoms with Crippen LogP contribution < -0.4 is 5.32 Å². The summed E-state index contributed by atoms with van der Waals surface area (Å²) in [6.07, 6.45) is 3.90. The molecule has 0 fully saturated rings. The Morgan fingerprint density at radius 2 is 1.60 bits per heavy atom. The Bertz CT molecular complexity index is 149. The predicted octanol–water partition coefficient (Wildman–Crippen LogP) is 4.08. The molecular formula is C14H31N. The summed E-state index contributed by atoms with van der Waals surface area (Å²) in [7, 11) is 0. The molecule has 0 radical (unpaired) electrons. The molecule has 0 heterocycles. The average molecular weight is 213 g/mol. The van der Waals surface area contributed by atoms with E-state index in [0.717, 1.165) is 18.4 Å². The van der Waals surface area contributed by atoms with Gasteiger partial charge in [0.2, 0.25) is 0 Å². The fourth-order valence-electron chi connectivity index (χ4n) is 2.48. The second-order valence-corrected chi connectivity index (χ2v) is 5.55. The first kappa shape index (κ1) is 15.0. The largest absolute Gasteiger partial charge is 0.316 e. The zero-order valence-corrected chi connectivity index (χ0v) is 11.7. The second-order valence-electron chi connectivity index (χ2n) is 5.55. The minimum Gasteiger partial charge on any atom is -0.316 e. The molecule has 15 heavy (non-hydrogen) atoms. The lowest BCUT2D eigenvalue weighted by molar-refractivity contribution is 0.158. The Labute approximate surface area is 97.0 Å². The maximum atomic E-state index is 3.63. The van der Waals surface area contributed by atoms with Gasteiger partial charge in [0.25, 0.3) is 0 Å². The van der Waals surface area contributed by atoms with Crippen LogP contribution in [0.25, 0.3) is 0 Å². The molecule has 0 amide bonds.